The monoisotopic (exact) mass is 1440 g/mol. The summed E-state index contributed by atoms with van der Waals surface area (Å²) < 4.78 is 199. The van der Waals surface area contributed by atoms with Crippen LogP contribution in [0.5, 0.6) is 23.0 Å². The van der Waals surface area contributed by atoms with E-state index in [-0.39, 0.29) is 75.9 Å². The third kappa shape index (κ3) is 18.5. The zero-order valence-electron chi connectivity index (χ0n) is 45.5. The lowest BCUT2D eigenvalue weighted by Gasteiger charge is -2.12. The van der Waals surface area contributed by atoms with Gasteiger partial charge in [-0.3, -0.25) is 18.2 Å². The lowest BCUT2D eigenvalue weighted by Crippen LogP contribution is -2.15. The lowest BCUT2D eigenvalue weighted by atomic mass is 10.1. The molecule has 0 aliphatic rings. The van der Waals surface area contributed by atoms with Gasteiger partial charge in [-0.25, -0.2) is 35.7 Å². The summed E-state index contributed by atoms with van der Waals surface area (Å²) in [7, 11) is -28.6. The molecule has 93 heavy (non-hydrogen) atoms. The molecule has 0 aliphatic heterocycles. The fourth-order valence-electron chi connectivity index (χ4n) is 7.93. The minimum absolute atomic E-state index is 0.0150. The number of nitrogens with one attached hydrogen (secondary N) is 1. The van der Waals surface area contributed by atoms with Gasteiger partial charge >= 0.3 is 20.8 Å². The molecule has 8 aromatic carbocycles. The minimum atomic E-state index is -5.35. The molecule has 0 unspecified atom stereocenters. The number of rotatable bonds is 28. The highest BCUT2D eigenvalue weighted by molar-refractivity contribution is 7.95. The average Bonchev–Trinajstić information content (AvgIpc) is 0.759. The van der Waals surface area contributed by atoms with E-state index in [1.165, 1.54) is 60.7 Å². The van der Waals surface area contributed by atoms with E-state index in [2.05, 4.69) is 73.3 Å². The molecule has 45 heteroatoms. The third-order valence-corrected chi connectivity index (χ3v) is 19.2. The summed E-state index contributed by atoms with van der Waals surface area (Å²) in [4.78, 5) is -2.63. The molecule has 8 aromatic rings. The summed E-state index contributed by atoms with van der Waals surface area (Å²) >= 11 is 0.810. The number of benzene rings is 8. The van der Waals surface area contributed by atoms with E-state index in [1.807, 2.05) is 0 Å². The topological polar surface area (TPSA) is 573 Å². The first-order valence-electron chi connectivity index (χ1n) is 24.5. The Bertz CT molecular complexity index is 5070. The number of hydrogen-bond acceptors (Lipinski definition) is 35. The van der Waals surface area contributed by atoms with Crippen LogP contribution in [0.2, 0.25) is 0 Å². The predicted molar refractivity (Wildman–Crippen MR) is 320 cm³/mol. The van der Waals surface area contributed by atoms with Gasteiger partial charge < -0.3 is 25.7 Å². The van der Waals surface area contributed by atoms with Crippen LogP contribution in [0.4, 0.5) is 56.9 Å². The molecule has 0 atom stereocenters. The largest absolute Gasteiger partial charge is 0.506 e. The van der Waals surface area contributed by atoms with Crippen molar-refractivity contribution in [1.82, 2.24) is 0 Å². The molecule has 0 heterocycles. The molecule has 0 saturated heterocycles. The molecule has 8 rings (SSSR count). The van der Waals surface area contributed by atoms with Crippen molar-refractivity contribution in [2.75, 3.05) is 30.0 Å². The zero-order chi connectivity index (χ0) is 67.8. The van der Waals surface area contributed by atoms with Gasteiger partial charge in [-0.05, 0) is 120 Å². The van der Waals surface area contributed by atoms with Gasteiger partial charge in [-0.2, -0.15) is 43.9 Å². The molecule has 11 N–H and O–H groups in total. The van der Waals surface area contributed by atoms with Crippen molar-refractivity contribution in [2.45, 2.75) is 29.4 Å². The number of sulfone groups is 2. The Morgan fingerprint density at radius 2 is 0.860 bits per heavy atom. The van der Waals surface area contributed by atoms with Gasteiger partial charge in [0, 0.05) is 28.4 Å². The first kappa shape index (κ1) is 70.5. The molecule has 0 fully saturated rings. The van der Waals surface area contributed by atoms with E-state index in [1.54, 1.807) is 0 Å². The zero-order valence-corrected chi connectivity index (χ0v) is 52.1. The van der Waals surface area contributed by atoms with Gasteiger partial charge in [0.25, 0.3) is 20.2 Å². The molecule has 0 aromatic heterocycles. The molecular formula is C48H39N9O28S8. The fraction of sp³-hybridized carbons (Fsp3) is 0.0833. The van der Waals surface area contributed by atoms with Gasteiger partial charge in [-0.1, -0.05) is 10.1 Å². The Morgan fingerprint density at radius 1 is 0.419 bits per heavy atom. The van der Waals surface area contributed by atoms with Gasteiger partial charge in [0.05, 0.1) is 102 Å². The maximum absolute atomic E-state index is 12.7. The second kappa shape index (κ2) is 28.9. The van der Waals surface area contributed by atoms with Crippen LogP contribution in [0.25, 0.3) is 21.5 Å². The normalized spacial score (nSPS) is 13.0. The standard InChI is InChI=1S/C48H39N9O28S8/c58-39-21-29(5-11-35(39)52-54-37-23-31(86-84-82-62)17-25-19-41(87-85-83-63)45(47(60)43(25)37)56-50-27-1-7-32(8-2-27)88(64,65)15-13-80-92(74,75)76)49-30-6-12-36(40(59)22-30)53-55-38-24-34(90(68,69)70)18-26-20-42(91(71,72)73)46(48(61)44(26)38)57-51-28-3-9-33(10-4-28)89(66,67)16-14-81-93(77,78)79/h1-12,17-24,49,58-63H,13-16H2,(H,68,69,70)(H,71,72,73)(H,74,75,76)(H,77,78,79). The maximum Gasteiger partial charge on any atom is 0.397 e. The van der Waals surface area contributed by atoms with Gasteiger partial charge in [0.15, 0.2) is 31.2 Å². The van der Waals surface area contributed by atoms with E-state index in [0.717, 1.165) is 42.5 Å². The van der Waals surface area contributed by atoms with Crippen molar-refractivity contribution >= 4 is 163 Å². The van der Waals surface area contributed by atoms with Gasteiger partial charge in [0.2, 0.25) is 0 Å². The Morgan fingerprint density at radius 3 is 1.31 bits per heavy atom. The van der Waals surface area contributed by atoms with Gasteiger partial charge in [0.1, 0.15) is 39.1 Å². The van der Waals surface area contributed by atoms with Crippen LogP contribution in [0.15, 0.2) is 192 Å². The maximum atomic E-state index is 12.7. The highest BCUT2D eigenvalue weighted by Gasteiger charge is 2.27. The summed E-state index contributed by atoms with van der Waals surface area (Å²) in [6.45, 7) is -1.82. The van der Waals surface area contributed by atoms with Crippen molar-refractivity contribution in [2.24, 2.45) is 40.9 Å². The van der Waals surface area contributed by atoms with Crippen LogP contribution in [-0.4, -0.2) is 124 Å². The smallest absolute Gasteiger partial charge is 0.397 e. The average molecular weight is 1450 g/mol. The Kier molecular flexibility index (Phi) is 21.9. The number of nitrogens with zero attached hydrogens (tertiary/aromatic N) is 8. The van der Waals surface area contributed by atoms with Crippen LogP contribution in [0.3, 0.4) is 0 Å². The third-order valence-electron chi connectivity index (χ3n) is 12.0. The second-order valence-electron chi connectivity index (χ2n) is 18.1. The Hall–Kier alpha value is -8.40. The fourth-order valence-corrected chi connectivity index (χ4v) is 13.0. The van der Waals surface area contributed by atoms with Crippen LogP contribution in [0.1, 0.15) is 0 Å². The highest BCUT2D eigenvalue weighted by atomic mass is 32.3. The summed E-state index contributed by atoms with van der Waals surface area (Å²) in [5.41, 5.74) is -2.41. The first-order valence-corrected chi connectivity index (χ1v) is 34.9. The molecule has 492 valence electrons. The lowest BCUT2D eigenvalue weighted by molar-refractivity contribution is -0.432. The minimum Gasteiger partial charge on any atom is -0.506 e. The number of phenolic OH excluding ortho intramolecular Hbond substituents is 4. The van der Waals surface area contributed by atoms with Gasteiger partial charge in [-0.15, -0.1) is 39.4 Å². The van der Waals surface area contributed by atoms with Crippen LogP contribution in [0, 0.1) is 0 Å². The molecule has 0 radical (unpaired) electrons. The number of phenols is 4. The number of azo groups is 4. The summed E-state index contributed by atoms with van der Waals surface area (Å²) in [5, 5.41) is 105. The SMILES string of the molecule is O=S(=O)(O)OCCS(=O)(=O)c1ccc(N=Nc2c(SOOO)cc3cc(SOOO)cc(N=Nc4ccc(Nc5ccc(N=Nc6cc(S(=O)(=O)O)cc7cc(S(=O)(=O)O)c(N=Nc8ccc(S(=O)(=O)CCOS(=O)(=O)O)cc8)c(O)c67)c(O)c5)cc4O)c3c2O)cc1. The summed E-state index contributed by atoms with van der Waals surface area (Å²) in [5.74, 6) is -4.57. The van der Waals surface area contributed by atoms with E-state index in [4.69, 9.17) is 19.6 Å². The first-order chi connectivity index (χ1) is 43.6. The molecule has 0 spiro atoms. The van der Waals surface area contributed by atoms with Crippen molar-refractivity contribution in [3.8, 4) is 23.0 Å². The van der Waals surface area contributed by atoms with E-state index in [9.17, 15) is 80.0 Å². The number of anilines is 2. The molecule has 0 amide bonds. The number of aromatic hydroxyl groups is 4. The predicted octanol–water partition coefficient (Wildman–Crippen LogP) is 10.8. The van der Waals surface area contributed by atoms with Crippen LogP contribution < -0.4 is 5.32 Å². The molecule has 0 aliphatic carbocycles. The molecular weight excluding hydrogens is 1410 g/mol. The molecule has 0 saturated carbocycles. The quantitative estimate of drug-likeness (QED) is 0.00713. The Balaban J connectivity index is 1.05. The summed E-state index contributed by atoms with van der Waals surface area (Å²) in [6.07, 6.45) is 0. The molecule has 0 bridgehead atoms. The highest BCUT2D eigenvalue weighted by Crippen LogP contribution is 2.50. The Labute approximate surface area is 531 Å². The number of hydrogen-bond donors (Lipinski definition) is 11. The van der Waals surface area contributed by atoms with Crippen LogP contribution in [-0.2, 0) is 87.8 Å². The van der Waals surface area contributed by atoms with E-state index < -0.39 is 140 Å². The van der Waals surface area contributed by atoms with Crippen molar-refractivity contribution in [3.63, 3.8) is 0 Å². The van der Waals surface area contributed by atoms with Crippen molar-refractivity contribution in [3.05, 3.63) is 121 Å². The number of fused-ring (bicyclic) bond motifs is 2. The van der Waals surface area contributed by atoms with E-state index >= 15 is 0 Å². The van der Waals surface area contributed by atoms with Crippen molar-refractivity contribution in [1.29, 1.82) is 0 Å². The summed E-state index contributed by atoms with van der Waals surface area (Å²) in [6, 6.07) is 22.3. The second-order valence-corrected chi connectivity index (χ2v) is 28.8. The molecule has 37 nitrogen and oxygen atoms in total. The van der Waals surface area contributed by atoms with Crippen LogP contribution >= 0.6 is 24.1 Å². The van der Waals surface area contributed by atoms with E-state index in [0.29, 0.717) is 42.3 Å². The van der Waals surface area contributed by atoms with Crippen molar-refractivity contribution < 1.29 is 127 Å².